The quantitative estimate of drug-likeness (QED) is 0.547. The Bertz CT molecular complexity index is 750. The van der Waals surface area contributed by atoms with E-state index >= 15 is 0 Å². The maximum atomic E-state index is 11.1. The van der Waals surface area contributed by atoms with Crippen LogP contribution < -0.4 is 21.3 Å². The van der Waals surface area contributed by atoms with Gasteiger partial charge in [-0.05, 0) is 37.1 Å². The number of anilines is 1. The Hall–Kier alpha value is -3.03. The summed E-state index contributed by atoms with van der Waals surface area (Å²) in [5.74, 6) is 1.95. The van der Waals surface area contributed by atoms with Gasteiger partial charge >= 0.3 is 0 Å². The third kappa shape index (κ3) is 4.53. The number of carbonyl (C=O) groups excluding carboxylic acids is 1. The van der Waals surface area contributed by atoms with Gasteiger partial charge in [0, 0.05) is 32.4 Å². The molecule has 2 aromatic heterocycles. The fourth-order valence-corrected chi connectivity index (χ4v) is 2.96. The number of primary amides is 1. The third-order valence-corrected chi connectivity index (χ3v) is 4.37. The minimum atomic E-state index is -0.571. The van der Waals surface area contributed by atoms with E-state index in [1.54, 1.807) is 19.2 Å². The predicted molar refractivity (Wildman–Crippen MR) is 100 cm³/mol. The Labute approximate surface area is 152 Å². The number of rotatable bonds is 5. The Morgan fingerprint density at radius 1 is 1.35 bits per heavy atom. The van der Waals surface area contributed by atoms with E-state index in [0.29, 0.717) is 24.3 Å². The molecule has 0 bridgehead atoms. The molecule has 4 N–H and O–H groups in total. The van der Waals surface area contributed by atoms with Crippen molar-refractivity contribution in [3.8, 4) is 0 Å². The van der Waals surface area contributed by atoms with Crippen molar-refractivity contribution in [2.24, 2.45) is 10.7 Å². The first-order valence-corrected chi connectivity index (χ1v) is 8.67. The lowest BCUT2D eigenvalue weighted by molar-refractivity contribution is 0.0972. The molecule has 1 saturated heterocycles. The highest BCUT2D eigenvalue weighted by molar-refractivity contribution is 5.89. The Morgan fingerprint density at radius 3 is 2.77 bits per heavy atom. The molecule has 1 fully saturated rings. The maximum Gasteiger partial charge on any atom is 0.284 e. The van der Waals surface area contributed by atoms with E-state index in [1.165, 1.54) is 0 Å². The van der Waals surface area contributed by atoms with Crippen LogP contribution in [0.3, 0.4) is 0 Å². The summed E-state index contributed by atoms with van der Waals surface area (Å²) in [5, 5.41) is 6.63. The lowest BCUT2D eigenvalue weighted by Crippen LogP contribution is -2.48. The first kappa shape index (κ1) is 17.8. The molecule has 1 amide bonds. The van der Waals surface area contributed by atoms with Crippen molar-refractivity contribution in [2.75, 3.05) is 25.0 Å². The van der Waals surface area contributed by atoms with Crippen LogP contribution in [-0.4, -0.2) is 43.0 Å². The lowest BCUT2D eigenvalue weighted by atomic mass is 10.1. The number of aromatic nitrogens is 1. The summed E-state index contributed by atoms with van der Waals surface area (Å²) in [5.41, 5.74) is 5.19. The highest BCUT2D eigenvalue weighted by atomic mass is 16.3. The van der Waals surface area contributed by atoms with E-state index in [0.717, 1.165) is 31.7 Å². The van der Waals surface area contributed by atoms with Crippen LogP contribution in [0.25, 0.3) is 0 Å². The SMILES string of the molecule is CN=C(NCc1ccc(C(N)=O)o1)NC1CCN(c2ccccn2)CC1. The number of nitrogens with zero attached hydrogens (tertiary/aromatic N) is 3. The molecule has 2 aromatic rings. The molecular formula is C18H24N6O2. The van der Waals surface area contributed by atoms with Crippen molar-refractivity contribution in [3.63, 3.8) is 0 Å². The van der Waals surface area contributed by atoms with Crippen molar-refractivity contribution in [1.29, 1.82) is 0 Å². The van der Waals surface area contributed by atoms with E-state index in [-0.39, 0.29) is 5.76 Å². The number of hydrogen-bond acceptors (Lipinski definition) is 5. The average molecular weight is 356 g/mol. The van der Waals surface area contributed by atoms with Crippen LogP contribution in [0.5, 0.6) is 0 Å². The van der Waals surface area contributed by atoms with Crippen molar-refractivity contribution >= 4 is 17.7 Å². The number of aliphatic imine (C=N–C) groups is 1. The van der Waals surface area contributed by atoms with Crippen LogP contribution >= 0.6 is 0 Å². The number of pyridine rings is 1. The fourth-order valence-electron chi connectivity index (χ4n) is 2.96. The van der Waals surface area contributed by atoms with Gasteiger partial charge < -0.3 is 25.7 Å². The standard InChI is InChI=1S/C18H24N6O2/c1-20-18(22-12-14-5-6-15(26-14)17(19)25)23-13-7-10-24(11-8-13)16-4-2-3-9-21-16/h2-6,9,13H,7-8,10-12H2,1H3,(H2,19,25)(H2,20,22,23). The number of guanidine groups is 1. The van der Waals surface area contributed by atoms with Gasteiger partial charge in [-0.3, -0.25) is 9.79 Å². The highest BCUT2D eigenvalue weighted by Gasteiger charge is 2.20. The Morgan fingerprint density at radius 2 is 2.15 bits per heavy atom. The van der Waals surface area contributed by atoms with E-state index in [9.17, 15) is 4.79 Å². The molecule has 0 spiro atoms. The van der Waals surface area contributed by atoms with Crippen molar-refractivity contribution in [2.45, 2.75) is 25.4 Å². The van der Waals surface area contributed by atoms with E-state index < -0.39 is 5.91 Å². The summed E-state index contributed by atoms with van der Waals surface area (Å²) in [4.78, 5) is 22.0. The molecule has 1 aliphatic rings. The molecule has 0 atom stereocenters. The van der Waals surface area contributed by atoms with Crippen molar-refractivity contribution < 1.29 is 9.21 Å². The first-order chi connectivity index (χ1) is 12.7. The Kier molecular flexibility index (Phi) is 5.73. The van der Waals surface area contributed by atoms with Crippen LogP contribution in [0.1, 0.15) is 29.2 Å². The van der Waals surface area contributed by atoms with Gasteiger partial charge in [-0.2, -0.15) is 0 Å². The second kappa shape index (κ2) is 8.37. The number of nitrogens with one attached hydrogen (secondary N) is 2. The van der Waals surface area contributed by atoms with Gasteiger partial charge in [-0.15, -0.1) is 0 Å². The van der Waals surface area contributed by atoms with Gasteiger partial charge in [0.05, 0.1) is 6.54 Å². The molecule has 8 heteroatoms. The van der Waals surface area contributed by atoms with Crippen LogP contribution in [0.2, 0.25) is 0 Å². The maximum absolute atomic E-state index is 11.1. The number of hydrogen-bond donors (Lipinski definition) is 3. The minimum absolute atomic E-state index is 0.159. The largest absolute Gasteiger partial charge is 0.454 e. The van der Waals surface area contributed by atoms with E-state index in [2.05, 4.69) is 25.5 Å². The summed E-state index contributed by atoms with van der Waals surface area (Å²) < 4.78 is 5.36. The molecule has 0 aromatic carbocycles. The normalized spacial score (nSPS) is 15.7. The summed E-state index contributed by atoms with van der Waals surface area (Å²) >= 11 is 0. The van der Waals surface area contributed by atoms with Gasteiger partial charge in [0.1, 0.15) is 11.6 Å². The van der Waals surface area contributed by atoms with Gasteiger partial charge in [0.15, 0.2) is 11.7 Å². The average Bonchev–Trinajstić information content (AvgIpc) is 3.16. The zero-order chi connectivity index (χ0) is 18.4. The van der Waals surface area contributed by atoms with Crippen molar-refractivity contribution in [1.82, 2.24) is 15.6 Å². The number of furan rings is 1. The molecule has 3 heterocycles. The van der Waals surface area contributed by atoms with Crippen LogP contribution in [0, 0.1) is 0 Å². The number of nitrogens with two attached hydrogens (primary N) is 1. The van der Waals surface area contributed by atoms with Gasteiger partial charge in [-0.1, -0.05) is 6.07 Å². The monoisotopic (exact) mass is 356 g/mol. The summed E-state index contributed by atoms with van der Waals surface area (Å²) in [6, 6.07) is 9.63. The highest BCUT2D eigenvalue weighted by Crippen LogP contribution is 2.17. The molecule has 1 aliphatic heterocycles. The molecule has 26 heavy (non-hydrogen) atoms. The molecular weight excluding hydrogens is 332 g/mol. The number of piperidine rings is 1. The number of amides is 1. The first-order valence-electron chi connectivity index (χ1n) is 8.67. The molecule has 0 unspecified atom stereocenters. The second-order valence-corrected chi connectivity index (χ2v) is 6.15. The van der Waals surface area contributed by atoms with Gasteiger partial charge in [0.25, 0.3) is 5.91 Å². The lowest BCUT2D eigenvalue weighted by Gasteiger charge is -2.33. The summed E-state index contributed by atoms with van der Waals surface area (Å²) in [6.07, 6.45) is 3.83. The topological polar surface area (TPSA) is 109 Å². The molecule has 0 radical (unpaired) electrons. The second-order valence-electron chi connectivity index (χ2n) is 6.15. The molecule has 3 rings (SSSR count). The number of carbonyl (C=O) groups is 1. The van der Waals surface area contributed by atoms with Crippen LogP contribution in [-0.2, 0) is 6.54 Å². The fraction of sp³-hybridized carbons (Fsp3) is 0.389. The molecule has 0 aliphatic carbocycles. The molecule has 8 nitrogen and oxygen atoms in total. The zero-order valence-electron chi connectivity index (χ0n) is 14.8. The summed E-state index contributed by atoms with van der Waals surface area (Å²) in [7, 11) is 1.73. The minimum Gasteiger partial charge on any atom is -0.454 e. The van der Waals surface area contributed by atoms with Gasteiger partial charge in [0.2, 0.25) is 0 Å². The van der Waals surface area contributed by atoms with E-state index in [1.807, 2.05) is 24.4 Å². The smallest absolute Gasteiger partial charge is 0.284 e. The third-order valence-electron chi connectivity index (χ3n) is 4.37. The Balaban J connectivity index is 1.46. The summed E-state index contributed by atoms with van der Waals surface area (Å²) in [6.45, 7) is 2.33. The van der Waals surface area contributed by atoms with Crippen LogP contribution in [0.15, 0.2) is 45.9 Å². The molecule has 0 saturated carbocycles. The van der Waals surface area contributed by atoms with E-state index in [4.69, 9.17) is 10.2 Å². The molecule has 138 valence electrons. The van der Waals surface area contributed by atoms with Gasteiger partial charge in [-0.25, -0.2) is 4.98 Å². The zero-order valence-corrected chi connectivity index (χ0v) is 14.8. The van der Waals surface area contributed by atoms with Crippen molar-refractivity contribution in [3.05, 3.63) is 48.0 Å². The predicted octanol–water partition coefficient (Wildman–Crippen LogP) is 1.11. The van der Waals surface area contributed by atoms with Crippen LogP contribution in [0.4, 0.5) is 5.82 Å².